The van der Waals surface area contributed by atoms with Crippen molar-refractivity contribution in [2.75, 3.05) is 12.0 Å². The molecule has 0 saturated heterocycles. The maximum atomic E-state index is 11.3. The Bertz CT molecular complexity index is 696. The first-order chi connectivity index (χ1) is 12.1. The van der Waals surface area contributed by atoms with E-state index >= 15 is 0 Å². The average molecular weight is 380 g/mol. The lowest BCUT2D eigenvalue weighted by molar-refractivity contribution is -0.139. The molecule has 0 aromatic heterocycles. The maximum absolute atomic E-state index is 11.3. The normalized spacial score (nSPS) is 11.9. The summed E-state index contributed by atoms with van der Waals surface area (Å²) < 4.78 is 5.80. The van der Waals surface area contributed by atoms with Crippen molar-refractivity contribution in [2.45, 2.75) is 25.6 Å². The Balaban J connectivity index is 1.92. The van der Waals surface area contributed by atoms with Crippen LogP contribution in [0.3, 0.4) is 0 Å². The molecule has 0 aliphatic carbocycles. The molecule has 0 amide bonds. The highest BCUT2D eigenvalue weighted by molar-refractivity contribution is 7.98. The van der Waals surface area contributed by atoms with Crippen LogP contribution in [0.2, 0.25) is 5.02 Å². The number of carboxylic acids is 1. The third kappa shape index (κ3) is 6.61. The number of ether oxygens (including phenoxy) is 1. The standard InChI is InChI=1S/C19H22ClNO3S/c1-25-10-9-18(19(22)23)21-12-14-5-4-7-16(11-14)24-13-15-6-2-3-8-17(15)20/h2-8,11,18,21H,9-10,12-13H2,1H3,(H,22,23)/t18-/m1/s1. The summed E-state index contributed by atoms with van der Waals surface area (Å²) in [6.45, 7) is 0.872. The molecular formula is C19H22ClNO3S. The fourth-order valence-electron chi connectivity index (χ4n) is 2.31. The van der Waals surface area contributed by atoms with E-state index in [-0.39, 0.29) is 0 Å². The largest absolute Gasteiger partial charge is 0.489 e. The van der Waals surface area contributed by atoms with Crippen LogP contribution in [-0.4, -0.2) is 29.1 Å². The topological polar surface area (TPSA) is 58.6 Å². The second-order valence-corrected chi connectivity index (χ2v) is 6.97. The van der Waals surface area contributed by atoms with Gasteiger partial charge in [-0.25, -0.2) is 0 Å². The summed E-state index contributed by atoms with van der Waals surface area (Å²) in [6, 6.07) is 14.7. The third-order valence-corrected chi connectivity index (χ3v) is 4.72. The number of nitrogens with one attached hydrogen (secondary N) is 1. The van der Waals surface area contributed by atoms with Crippen molar-refractivity contribution in [3.8, 4) is 5.75 Å². The number of carbonyl (C=O) groups is 1. The molecule has 0 saturated carbocycles. The van der Waals surface area contributed by atoms with Gasteiger partial charge in [-0.2, -0.15) is 11.8 Å². The minimum atomic E-state index is -0.819. The monoisotopic (exact) mass is 379 g/mol. The molecule has 0 spiro atoms. The van der Waals surface area contributed by atoms with Gasteiger partial charge in [0.1, 0.15) is 18.4 Å². The maximum Gasteiger partial charge on any atom is 0.320 e. The van der Waals surface area contributed by atoms with Gasteiger partial charge >= 0.3 is 5.97 Å². The lowest BCUT2D eigenvalue weighted by atomic mass is 10.1. The predicted octanol–water partition coefficient (Wildman–Crippen LogP) is 4.21. The van der Waals surface area contributed by atoms with E-state index in [4.69, 9.17) is 16.3 Å². The Morgan fingerprint density at radius 2 is 2.08 bits per heavy atom. The summed E-state index contributed by atoms with van der Waals surface area (Å²) in [7, 11) is 0. The van der Waals surface area contributed by atoms with Crippen molar-refractivity contribution in [3.05, 3.63) is 64.7 Å². The second-order valence-electron chi connectivity index (χ2n) is 5.58. The van der Waals surface area contributed by atoms with Gasteiger partial charge in [-0.15, -0.1) is 0 Å². The Labute approximate surface area is 157 Å². The van der Waals surface area contributed by atoms with E-state index in [0.29, 0.717) is 24.6 Å². The SMILES string of the molecule is CSCC[C@@H](NCc1cccc(OCc2ccccc2Cl)c1)C(=O)O. The molecule has 25 heavy (non-hydrogen) atoms. The van der Waals surface area contributed by atoms with E-state index in [9.17, 15) is 9.90 Å². The van der Waals surface area contributed by atoms with Crippen LogP contribution in [0.1, 0.15) is 17.5 Å². The quantitative estimate of drug-likeness (QED) is 0.647. The van der Waals surface area contributed by atoms with E-state index < -0.39 is 12.0 Å². The van der Waals surface area contributed by atoms with Crippen molar-refractivity contribution in [1.82, 2.24) is 5.32 Å². The van der Waals surface area contributed by atoms with Gasteiger partial charge in [-0.3, -0.25) is 4.79 Å². The van der Waals surface area contributed by atoms with Gasteiger partial charge in [0, 0.05) is 17.1 Å². The number of halogens is 1. The van der Waals surface area contributed by atoms with Crippen molar-refractivity contribution < 1.29 is 14.6 Å². The lowest BCUT2D eigenvalue weighted by Crippen LogP contribution is -2.36. The van der Waals surface area contributed by atoms with Crippen LogP contribution in [0.4, 0.5) is 0 Å². The van der Waals surface area contributed by atoms with E-state index in [1.807, 2.05) is 54.8 Å². The van der Waals surface area contributed by atoms with Gasteiger partial charge in [-0.1, -0.05) is 41.9 Å². The molecular weight excluding hydrogens is 358 g/mol. The highest BCUT2D eigenvalue weighted by Crippen LogP contribution is 2.19. The van der Waals surface area contributed by atoms with Crippen molar-refractivity contribution in [2.24, 2.45) is 0 Å². The molecule has 134 valence electrons. The molecule has 1 atom stereocenters. The van der Waals surface area contributed by atoms with E-state index in [0.717, 1.165) is 22.6 Å². The van der Waals surface area contributed by atoms with Crippen LogP contribution in [-0.2, 0) is 17.9 Å². The molecule has 0 heterocycles. The van der Waals surface area contributed by atoms with Crippen LogP contribution in [0.5, 0.6) is 5.75 Å². The Morgan fingerprint density at radius 1 is 1.28 bits per heavy atom. The first-order valence-electron chi connectivity index (χ1n) is 8.00. The van der Waals surface area contributed by atoms with Gasteiger partial charge in [0.15, 0.2) is 0 Å². The van der Waals surface area contributed by atoms with Crippen molar-refractivity contribution in [1.29, 1.82) is 0 Å². The third-order valence-electron chi connectivity index (χ3n) is 3.71. The van der Waals surface area contributed by atoms with Gasteiger partial charge in [0.05, 0.1) is 0 Å². The summed E-state index contributed by atoms with van der Waals surface area (Å²) >= 11 is 7.77. The van der Waals surface area contributed by atoms with E-state index in [1.165, 1.54) is 0 Å². The molecule has 2 N–H and O–H groups in total. The number of thioether (sulfide) groups is 1. The van der Waals surface area contributed by atoms with Gasteiger partial charge in [0.2, 0.25) is 0 Å². The number of hydrogen-bond donors (Lipinski definition) is 2. The molecule has 2 aromatic carbocycles. The lowest BCUT2D eigenvalue weighted by Gasteiger charge is -2.14. The van der Waals surface area contributed by atoms with E-state index in [2.05, 4.69) is 5.32 Å². The smallest absolute Gasteiger partial charge is 0.320 e. The number of carboxylic acid groups (broad SMARTS) is 1. The Morgan fingerprint density at radius 3 is 2.80 bits per heavy atom. The summed E-state index contributed by atoms with van der Waals surface area (Å²) in [5.41, 5.74) is 1.91. The van der Waals surface area contributed by atoms with Gasteiger partial charge in [-0.05, 0) is 42.2 Å². The first-order valence-corrected chi connectivity index (χ1v) is 9.77. The molecule has 0 unspecified atom stereocenters. The Hall–Kier alpha value is -1.69. The van der Waals surface area contributed by atoms with Crippen LogP contribution in [0.25, 0.3) is 0 Å². The summed E-state index contributed by atoms with van der Waals surface area (Å²) in [5.74, 6) is 0.723. The van der Waals surface area contributed by atoms with Crippen LogP contribution < -0.4 is 10.1 Å². The van der Waals surface area contributed by atoms with Crippen molar-refractivity contribution >= 4 is 29.3 Å². The predicted molar refractivity (Wildman–Crippen MR) is 103 cm³/mol. The molecule has 6 heteroatoms. The van der Waals surface area contributed by atoms with Crippen LogP contribution in [0, 0.1) is 0 Å². The molecule has 0 bridgehead atoms. The van der Waals surface area contributed by atoms with Crippen LogP contribution in [0.15, 0.2) is 48.5 Å². The Kier molecular flexibility index (Phi) is 8.12. The number of hydrogen-bond acceptors (Lipinski definition) is 4. The van der Waals surface area contributed by atoms with Crippen LogP contribution >= 0.6 is 23.4 Å². The van der Waals surface area contributed by atoms with Gasteiger partial charge in [0.25, 0.3) is 0 Å². The summed E-state index contributed by atoms with van der Waals surface area (Å²) in [6.07, 6.45) is 2.57. The summed E-state index contributed by atoms with van der Waals surface area (Å²) in [4.78, 5) is 11.3. The minimum absolute atomic E-state index is 0.391. The first kappa shape index (κ1) is 19.6. The second kappa shape index (κ2) is 10.3. The van der Waals surface area contributed by atoms with Gasteiger partial charge < -0.3 is 15.2 Å². The molecule has 0 aliphatic heterocycles. The fraction of sp³-hybridized carbons (Fsp3) is 0.316. The molecule has 0 radical (unpaired) electrons. The number of aliphatic carboxylic acids is 1. The number of rotatable bonds is 10. The summed E-state index contributed by atoms with van der Waals surface area (Å²) in [5, 5.41) is 13.0. The minimum Gasteiger partial charge on any atom is -0.489 e. The highest BCUT2D eigenvalue weighted by Gasteiger charge is 2.15. The molecule has 2 aromatic rings. The number of benzene rings is 2. The molecule has 4 nitrogen and oxygen atoms in total. The zero-order valence-corrected chi connectivity index (χ0v) is 15.6. The fourth-order valence-corrected chi connectivity index (χ4v) is 2.97. The average Bonchev–Trinajstić information content (AvgIpc) is 2.61. The molecule has 0 fully saturated rings. The van der Waals surface area contributed by atoms with E-state index in [1.54, 1.807) is 11.8 Å². The highest BCUT2D eigenvalue weighted by atomic mass is 35.5. The van der Waals surface area contributed by atoms with Crippen molar-refractivity contribution in [3.63, 3.8) is 0 Å². The molecule has 2 rings (SSSR count). The zero-order chi connectivity index (χ0) is 18.1. The molecule has 0 aliphatic rings. The zero-order valence-electron chi connectivity index (χ0n) is 14.1.